The second-order valence-corrected chi connectivity index (χ2v) is 12.4. The highest BCUT2D eigenvalue weighted by atomic mass is 32.2. The van der Waals surface area contributed by atoms with Gasteiger partial charge in [-0.15, -0.1) is 23.1 Å². The van der Waals surface area contributed by atoms with Crippen LogP contribution in [0.25, 0.3) is 10.2 Å². The lowest BCUT2D eigenvalue weighted by Gasteiger charge is -2.30. The van der Waals surface area contributed by atoms with Gasteiger partial charge in [0.05, 0.1) is 23.5 Å². The number of methoxy groups -OCH3 is 1. The number of hydrogen-bond donors (Lipinski definition) is 2. The SMILES string of the molecule is COc1cccc(NC(=O)CSc2nc(N)c3c4c(sc3n2)[C@@H](c2ccccc2)S[C@@H](c2ccccc2)C4)c1. The number of thiophene rings is 1. The molecule has 196 valence electrons. The Bertz CT molecular complexity index is 1630. The molecule has 2 aromatic heterocycles. The summed E-state index contributed by atoms with van der Waals surface area (Å²) < 4.78 is 5.23. The van der Waals surface area contributed by atoms with Gasteiger partial charge >= 0.3 is 0 Å². The Morgan fingerprint density at radius 1 is 1.03 bits per heavy atom. The molecule has 1 aliphatic heterocycles. The second kappa shape index (κ2) is 11.3. The van der Waals surface area contributed by atoms with Gasteiger partial charge in [0.25, 0.3) is 0 Å². The molecule has 1 amide bonds. The van der Waals surface area contributed by atoms with Crippen LogP contribution in [-0.2, 0) is 11.2 Å². The van der Waals surface area contributed by atoms with Crippen molar-refractivity contribution < 1.29 is 9.53 Å². The van der Waals surface area contributed by atoms with Gasteiger partial charge in [-0.3, -0.25) is 4.79 Å². The summed E-state index contributed by atoms with van der Waals surface area (Å²) in [6, 6.07) is 28.5. The Hall–Kier alpha value is -3.53. The van der Waals surface area contributed by atoms with E-state index in [0.717, 1.165) is 16.6 Å². The number of ether oxygens (including phenoxy) is 1. The van der Waals surface area contributed by atoms with Gasteiger partial charge in [-0.25, -0.2) is 9.97 Å². The maximum absolute atomic E-state index is 12.6. The van der Waals surface area contributed by atoms with E-state index in [2.05, 4.69) is 71.0 Å². The fourth-order valence-electron chi connectivity index (χ4n) is 4.77. The van der Waals surface area contributed by atoms with Crippen LogP contribution in [0.15, 0.2) is 90.1 Å². The Morgan fingerprint density at radius 2 is 1.77 bits per heavy atom. The zero-order valence-corrected chi connectivity index (χ0v) is 23.6. The molecule has 0 spiro atoms. The first-order chi connectivity index (χ1) is 19.1. The number of hydrogen-bond acceptors (Lipinski definition) is 8. The van der Waals surface area contributed by atoms with Crippen LogP contribution in [0.1, 0.15) is 32.1 Å². The van der Waals surface area contributed by atoms with Gasteiger partial charge in [0.2, 0.25) is 5.91 Å². The Labute approximate surface area is 239 Å². The first-order valence-corrected chi connectivity index (χ1v) is 15.2. The standard InChI is InChI=1S/C30H26N4O2S3/c1-36-21-14-8-13-20(15-21)32-24(35)17-37-30-33-28(31)25-22-16-23(18-9-4-2-5-10-18)38-26(19-11-6-3-7-12-19)27(22)39-29(25)34-30/h2-15,23,26H,16-17H2,1H3,(H,32,35)(H2,31,33,34)/t23-,26-/m1/s1. The number of carbonyl (C=O) groups is 1. The van der Waals surface area contributed by atoms with Gasteiger partial charge in [0, 0.05) is 21.9 Å². The largest absolute Gasteiger partial charge is 0.497 e. The van der Waals surface area contributed by atoms with Crippen molar-refractivity contribution in [2.75, 3.05) is 23.9 Å². The number of amides is 1. The normalized spacial score (nSPS) is 16.5. The van der Waals surface area contributed by atoms with Crippen molar-refractivity contribution >= 4 is 62.5 Å². The molecule has 0 aliphatic carbocycles. The van der Waals surface area contributed by atoms with E-state index < -0.39 is 0 Å². The first kappa shape index (κ1) is 25.7. The number of nitrogen functional groups attached to an aromatic ring is 1. The summed E-state index contributed by atoms with van der Waals surface area (Å²) in [5.41, 5.74) is 11.1. The number of benzene rings is 3. The summed E-state index contributed by atoms with van der Waals surface area (Å²) in [5, 5.41) is 4.83. The van der Waals surface area contributed by atoms with Gasteiger partial charge in [0.15, 0.2) is 5.16 Å². The van der Waals surface area contributed by atoms with Crippen LogP contribution in [0, 0.1) is 0 Å². The lowest BCUT2D eigenvalue weighted by atomic mass is 9.98. The fourth-order valence-corrected chi connectivity index (χ4v) is 8.50. The van der Waals surface area contributed by atoms with Crippen molar-refractivity contribution in [3.63, 3.8) is 0 Å². The molecule has 9 heteroatoms. The fraction of sp³-hybridized carbons (Fsp3) is 0.167. The Kier molecular flexibility index (Phi) is 7.45. The molecule has 0 radical (unpaired) electrons. The van der Waals surface area contributed by atoms with Crippen LogP contribution >= 0.6 is 34.9 Å². The average Bonchev–Trinajstić information content (AvgIpc) is 3.35. The van der Waals surface area contributed by atoms with Crippen LogP contribution in [-0.4, -0.2) is 28.7 Å². The van der Waals surface area contributed by atoms with E-state index in [1.54, 1.807) is 24.5 Å². The predicted molar refractivity (Wildman–Crippen MR) is 163 cm³/mol. The summed E-state index contributed by atoms with van der Waals surface area (Å²) in [6.07, 6.45) is 0.871. The van der Waals surface area contributed by atoms with Crippen LogP contribution in [0.3, 0.4) is 0 Å². The molecule has 0 fully saturated rings. The van der Waals surface area contributed by atoms with Crippen molar-refractivity contribution in [3.8, 4) is 5.75 Å². The molecule has 0 saturated heterocycles. The lowest BCUT2D eigenvalue weighted by molar-refractivity contribution is -0.113. The third kappa shape index (κ3) is 5.48. The number of thioether (sulfide) groups is 2. The Balaban J connectivity index is 1.29. The zero-order chi connectivity index (χ0) is 26.8. The molecule has 5 aromatic rings. The van der Waals surface area contributed by atoms with Gasteiger partial charge in [-0.2, -0.15) is 0 Å². The summed E-state index contributed by atoms with van der Waals surface area (Å²) in [7, 11) is 1.60. The van der Waals surface area contributed by atoms with Crippen molar-refractivity contribution in [1.82, 2.24) is 9.97 Å². The molecule has 2 atom stereocenters. The maximum Gasteiger partial charge on any atom is 0.234 e. The molecule has 3 aromatic carbocycles. The van der Waals surface area contributed by atoms with Crippen molar-refractivity contribution in [2.24, 2.45) is 0 Å². The van der Waals surface area contributed by atoms with Crippen LogP contribution in [0.2, 0.25) is 0 Å². The minimum atomic E-state index is -0.146. The van der Waals surface area contributed by atoms with E-state index in [1.807, 2.05) is 30.0 Å². The molecular formula is C30H26N4O2S3. The van der Waals surface area contributed by atoms with E-state index >= 15 is 0 Å². The van der Waals surface area contributed by atoms with E-state index in [4.69, 9.17) is 15.5 Å². The lowest BCUT2D eigenvalue weighted by Crippen LogP contribution is -2.14. The molecule has 39 heavy (non-hydrogen) atoms. The molecule has 0 bridgehead atoms. The monoisotopic (exact) mass is 570 g/mol. The molecule has 1 aliphatic rings. The minimum absolute atomic E-state index is 0.146. The molecule has 6 nitrogen and oxygen atoms in total. The van der Waals surface area contributed by atoms with Crippen molar-refractivity contribution in [2.45, 2.75) is 22.1 Å². The van der Waals surface area contributed by atoms with Crippen LogP contribution in [0.5, 0.6) is 5.75 Å². The first-order valence-electron chi connectivity index (χ1n) is 12.5. The summed E-state index contributed by atoms with van der Waals surface area (Å²) in [5.74, 6) is 1.18. The number of nitrogens with zero attached hydrogens (tertiary/aromatic N) is 2. The highest BCUT2D eigenvalue weighted by molar-refractivity contribution is 8.00. The number of fused-ring (bicyclic) bond motifs is 3. The average molecular weight is 571 g/mol. The second-order valence-electron chi connectivity index (χ2n) is 9.12. The number of anilines is 2. The van der Waals surface area contributed by atoms with Gasteiger partial charge in [-0.1, -0.05) is 78.5 Å². The Morgan fingerprint density at radius 3 is 2.51 bits per heavy atom. The van der Waals surface area contributed by atoms with Gasteiger partial charge in [0.1, 0.15) is 16.4 Å². The molecule has 0 saturated carbocycles. The minimum Gasteiger partial charge on any atom is -0.497 e. The third-order valence-corrected chi connectivity index (χ3v) is 10.3. The van der Waals surface area contributed by atoms with Crippen LogP contribution < -0.4 is 15.8 Å². The van der Waals surface area contributed by atoms with Gasteiger partial charge in [-0.05, 0) is 35.2 Å². The quantitative estimate of drug-likeness (QED) is 0.159. The number of nitrogens with one attached hydrogen (secondary N) is 1. The highest BCUT2D eigenvalue weighted by Crippen LogP contribution is 2.55. The number of nitrogens with two attached hydrogens (primary N) is 1. The number of aromatic nitrogens is 2. The molecule has 0 unspecified atom stereocenters. The number of rotatable bonds is 7. The highest BCUT2D eigenvalue weighted by Gasteiger charge is 2.34. The van der Waals surface area contributed by atoms with E-state index in [9.17, 15) is 4.79 Å². The van der Waals surface area contributed by atoms with Crippen LogP contribution in [0.4, 0.5) is 11.5 Å². The maximum atomic E-state index is 12.6. The van der Waals surface area contributed by atoms with E-state index in [-0.39, 0.29) is 16.9 Å². The van der Waals surface area contributed by atoms with Crippen molar-refractivity contribution in [3.05, 3.63) is 106 Å². The molecular weight excluding hydrogens is 545 g/mol. The summed E-state index contributed by atoms with van der Waals surface area (Å²) >= 11 is 4.95. The van der Waals surface area contributed by atoms with Crippen molar-refractivity contribution in [1.29, 1.82) is 0 Å². The third-order valence-electron chi connectivity index (χ3n) is 6.58. The topological polar surface area (TPSA) is 90.1 Å². The summed E-state index contributed by atoms with van der Waals surface area (Å²) in [6.45, 7) is 0. The molecule has 3 N–H and O–H groups in total. The predicted octanol–water partition coefficient (Wildman–Crippen LogP) is 7.13. The summed E-state index contributed by atoms with van der Waals surface area (Å²) in [4.78, 5) is 24.2. The smallest absolute Gasteiger partial charge is 0.234 e. The van der Waals surface area contributed by atoms with E-state index in [1.165, 1.54) is 33.3 Å². The molecule has 3 heterocycles. The van der Waals surface area contributed by atoms with E-state index in [0.29, 0.717) is 27.7 Å². The van der Waals surface area contributed by atoms with Gasteiger partial charge < -0.3 is 15.8 Å². The zero-order valence-electron chi connectivity index (χ0n) is 21.2. The number of carbonyl (C=O) groups excluding carboxylic acids is 1. The molecule has 6 rings (SSSR count).